The summed E-state index contributed by atoms with van der Waals surface area (Å²) in [7, 11) is 0. The highest BCUT2D eigenvalue weighted by Crippen LogP contribution is 2.32. The predicted molar refractivity (Wildman–Crippen MR) is 84.3 cm³/mol. The number of carboxylic acid groups (broad SMARTS) is 1. The number of rotatable bonds is 3. The van der Waals surface area contributed by atoms with Crippen molar-refractivity contribution in [2.75, 3.05) is 0 Å². The molecule has 4 nitrogen and oxygen atoms in total. The number of hydrogen-bond donors (Lipinski definition) is 1. The normalized spacial score (nSPS) is 11.6. The third kappa shape index (κ3) is 3.55. The molecule has 128 valence electrons. The molecule has 0 aliphatic carbocycles. The van der Waals surface area contributed by atoms with Gasteiger partial charge in [-0.1, -0.05) is 18.2 Å². The zero-order chi connectivity index (χ0) is 18.2. The monoisotopic (exact) mass is 348 g/mol. The Morgan fingerprint density at radius 1 is 1.08 bits per heavy atom. The van der Waals surface area contributed by atoms with Crippen LogP contribution < -0.4 is 5.43 Å². The smallest absolute Gasteiger partial charge is 0.416 e. The van der Waals surface area contributed by atoms with Crippen LogP contribution in [-0.2, 0) is 17.4 Å². The van der Waals surface area contributed by atoms with Crippen LogP contribution >= 0.6 is 0 Å². The minimum atomic E-state index is -4.50. The summed E-state index contributed by atoms with van der Waals surface area (Å²) in [6.45, 7) is 0. The topological polar surface area (TPSA) is 67.5 Å². The van der Waals surface area contributed by atoms with Gasteiger partial charge in [-0.15, -0.1) is 0 Å². The minimum Gasteiger partial charge on any atom is -0.481 e. The number of halogens is 3. The molecule has 0 aliphatic heterocycles. The van der Waals surface area contributed by atoms with Gasteiger partial charge in [-0.3, -0.25) is 9.59 Å². The Kier molecular flexibility index (Phi) is 4.08. The molecule has 0 fully saturated rings. The van der Waals surface area contributed by atoms with E-state index in [0.717, 1.165) is 18.2 Å². The van der Waals surface area contributed by atoms with Crippen LogP contribution in [0.3, 0.4) is 0 Å². The van der Waals surface area contributed by atoms with Gasteiger partial charge in [0.1, 0.15) is 11.3 Å². The summed E-state index contributed by atoms with van der Waals surface area (Å²) < 4.78 is 44.0. The van der Waals surface area contributed by atoms with Gasteiger partial charge < -0.3 is 9.52 Å². The largest absolute Gasteiger partial charge is 0.481 e. The van der Waals surface area contributed by atoms with Gasteiger partial charge in [0.25, 0.3) is 0 Å². The number of benzene rings is 2. The van der Waals surface area contributed by atoms with Crippen molar-refractivity contribution in [3.05, 3.63) is 69.9 Å². The summed E-state index contributed by atoms with van der Waals surface area (Å²) in [6.07, 6.45) is -4.75. The van der Waals surface area contributed by atoms with Gasteiger partial charge in [0, 0.05) is 11.6 Å². The first-order valence-electron chi connectivity index (χ1n) is 7.20. The van der Waals surface area contributed by atoms with E-state index < -0.39 is 23.1 Å². The Hall–Kier alpha value is -3.09. The number of carbonyl (C=O) groups is 1. The summed E-state index contributed by atoms with van der Waals surface area (Å²) in [5.41, 5.74) is -0.568. The maximum Gasteiger partial charge on any atom is 0.416 e. The Labute approximate surface area is 139 Å². The van der Waals surface area contributed by atoms with Crippen LogP contribution in [0, 0.1) is 0 Å². The molecular formula is C18H11F3O4. The molecule has 1 heterocycles. The summed E-state index contributed by atoms with van der Waals surface area (Å²) in [4.78, 5) is 23.0. The first kappa shape index (κ1) is 16.8. The van der Waals surface area contributed by atoms with Crippen molar-refractivity contribution >= 4 is 16.9 Å². The molecule has 0 amide bonds. The van der Waals surface area contributed by atoms with Gasteiger partial charge in [-0.05, 0) is 29.8 Å². The molecule has 2 aromatic carbocycles. The first-order chi connectivity index (χ1) is 11.7. The summed E-state index contributed by atoms with van der Waals surface area (Å²) in [5.74, 6) is -1.03. The molecule has 1 N–H and O–H groups in total. The van der Waals surface area contributed by atoms with E-state index in [-0.39, 0.29) is 28.7 Å². The van der Waals surface area contributed by atoms with E-state index in [1.807, 2.05) is 0 Å². The number of carboxylic acids is 1. The average molecular weight is 348 g/mol. The molecule has 0 atom stereocenters. The second-order valence-corrected chi connectivity index (χ2v) is 5.45. The minimum absolute atomic E-state index is 0.00887. The molecule has 25 heavy (non-hydrogen) atoms. The Morgan fingerprint density at radius 3 is 2.52 bits per heavy atom. The van der Waals surface area contributed by atoms with Crippen molar-refractivity contribution in [2.24, 2.45) is 0 Å². The van der Waals surface area contributed by atoms with Crippen molar-refractivity contribution < 1.29 is 27.5 Å². The zero-order valence-corrected chi connectivity index (χ0v) is 12.6. The summed E-state index contributed by atoms with van der Waals surface area (Å²) in [6, 6.07) is 9.93. The van der Waals surface area contributed by atoms with E-state index in [1.54, 1.807) is 0 Å². The van der Waals surface area contributed by atoms with Gasteiger partial charge in [0.05, 0.1) is 17.4 Å². The molecule has 0 unspecified atom stereocenters. The molecule has 0 saturated carbocycles. The van der Waals surface area contributed by atoms with Gasteiger partial charge in [-0.2, -0.15) is 13.2 Å². The molecule has 0 spiro atoms. The highest BCUT2D eigenvalue weighted by molar-refractivity contribution is 5.81. The van der Waals surface area contributed by atoms with Gasteiger partial charge in [0.2, 0.25) is 0 Å². The lowest BCUT2D eigenvalue weighted by Crippen LogP contribution is -2.06. The molecule has 7 heteroatoms. The van der Waals surface area contributed by atoms with Crippen LogP contribution in [0.5, 0.6) is 0 Å². The highest BCUT2D eigenvalue weighted by atomic mass is 19.4. The Bertz CT molecular complexity index is 1020. The number of alkyl halides is 3. The van der Waals surface area contributed by atoms with E-state index in [0.29, 0.717) is 5.56 Å². The van der Waals surface area contributed by atoms with Crippen molar-refractivity contribution in [2.45, 2.75) is 12.6 Å². The molecule has 0 bridgehead atoms. The third-order valence-electron chi connectivity index (χ3n) is 3.62. The summed E-state index contributed by atoms with van der Waals surface area (Å²) in [5, 5.41) is 8.97. The molecular weight excluding hydrogens is 337 g/mol. The van der Waals surface area contributed by atoms with Crippen LogP contribution in [0.2, 0.25) is 0 Å². The predicted octanol–water partition coefficient (Wildman–Crippen LogP) is 4.11. The molecule has 1 aromatic heterocycles. The van der Waals surface area contributed by atoms with Crippen LogP contribution in [0.15, 0.2) is 57.7 Å². The number of fused-ring (bicyclic) bond motifs is 1. The average Bonchev–Trinajstić information content (AvgIpc) is 2.54. The van der Waals surface area contributed by atoms with Crippen molar-refractivity contribution in [3.8, 4) is 11.3 Å². The molecule has 0 saturated heterocycles. The second-order valence-electron chi connectivity index (χ2n) is 5.45. The molecule has 0 aliphatic rings. The maximum absolute atomic E-state index is 12.8. The second kappa shape index (κ2) is 6.08. The Morgan fingerprint density at radius 2 is 1.84 bits per heavy atom. The van der Waals surface area contributed by atoms with Crippen molar-refractivity contribution in [1.29, 1.82) is 0 Å². The van der Waals surface area contributed by atoms with Crippen LogP contribution in [0.4, 0.5) is 13.2 Å². The van der Waals surface area contributed by atoms with Crippen molar-refractivity contribution in [1.82, 2.24) is 0 Å². The van der Waals surface area contributed by atoms with E-state index in [1.165, 1.54) is 30.3 Å². The quantitative estimate of drug-likeness (QED) is 0.774. The third-order valence-corrected chi connectivity index (χ3v) is 3.62. The van der Waals surface area contributed by atoms with Crippen LogP contribution in [-0.4, -0.2) is 11.1 Å². The zero-order valence-electron chi connectivity index (χ0n) is 12.6. The Balaban J connectivity index is 2.10. The fraction of sp³-hybridized carbons (Fsp3) is 0.111. The lowest BCUT2D eigenvalue weighted by Gasteiger charge is -2.09. The SMILES string of the molecule is O=C(O)Cc1ccc2oc(-c3cccc(C(F)(F)F)c3)cc(=O)c2c1. The summed E-state index contributed by atoms with van der Waals surface area (Å²) >= 11 is 0. The van der Waals surface area contributed by atoms with E-state index in [2.05, 4.69) is 0 Å². The molecule has 3 rings (SSSR count). The maximum atomic E-state index is 12.8. The van der Waals surface area contributed by atoms with Crippen LogP contribution in [0.1, 0.15) is 11.1 Å². The fourth-order valence-electron chi connectivity index (χ4n) is 2.48. The first-order valence-corrected chi connectivity index (χ1v) is 7.20. The van der Waals surface area contributed by atoms with Gasteiger partial charge >= 0.3 is 12.1 Å². The van der Waals surface area contributed by atoms with Gasteiger partial charge in [0.15, 0.2) is 5.43 Å². The van der Waals surface area contributed by atoms with Crippen molar-refractivity contribution in [3.63, 3.8) is 0 Å². The van der Waals surface area contributed by atoms with Crippen LogP contribution in [0.25, 0.3) is 22.3 Å². The van der Waals surface area contributed by atoms with E-state index in [9.17, 15) is 22.8 Å². The van der Waals surface area contributed by atoms with E-state index in [4.69, 9.17) is 9.52 Å². The molecule has 3 aromatic rings. The molecule has 0 radical (unpaired) electrons. The lowest BCUT2D eigenvalue weighted by molar-refractivity contribution is -0.138. The number of aliphatic carboxylic acids is 1. The standard InChI is InChI=1S/C18H11F3O4/c19-18(20,21)12-3-1-2-11(8-12)16-9-14(22)13-6-10(7-17(23)24)4-5-15(13)25-16/h1-6,8-9H,7H2,(H,23,24). The van der Waals surface area contributed by atoms with Gasteiger partial charge in [-0.25, -0.2) is 0 Å². The lowest BCUT2D eigenvalue weighted by atomic mass is 10.1. The highest BCUT2D eigenvalue weighted by Gasteiger charge is 2.30. The fourth-order valence-corrected chi connectivity index (χ4v) is 2.48. The number of hydrogen-bond acceptors (Lipinski definition) is 3. The van der Waals surface area contributed by atoms with E-state index >= 15 is 0 Å².